The van der Waals surface area contributed by atoms with Gasteiger partial charge in [0, 0.05) is 11.6 Å². The van der Waals surface area contributed by atoms with Crippen molar-refractivity contribution in [2.45, 2.75) is 39.2 Å². The fourth-order valence-electron chi connectivity index (χ4n) is 3.59. The molecule has 2 aromatic carbocycles. The smallest absolute Gasteiger partial charge is 0.258 e. The second kappa shape index (κ2) is 9.94. The zero-order chi connectivity index (χ0) is 19.9. The predicted octanol–water partition coefficient (Wildman–Crippen LogP) is 4.68. The molecule has 28 heavy (non-hydrogen) atoms. The summed E-state index contributed by atoms with van der Waals surface area (Å²) in [6, 6.07) is 14.2. The number of amides is 1. The van der Waals surface area contributed by atoms with Crippen LogP contribution in [0.1, 0.15) is 42.0 Å². The standard InChI is InChI=1S/C23H29ClN2O2/c1-17-6-8-19(9-7-17)22(26-12-4-3-5-13-26)15-25-23(27)16-28-20-10-11-21(24)18(2)14-20/h6-11,14,22H,3-5,12-13,15-16H2,1-2H3,(H,25,27)/t22-/m1/s1. The Morgan fingerprint density at radius 1 is 1.11 bits per heavy atom. The van der Waals surface area contributed by atoms with Gasteiger partial charge in [0.05, 0.1) is 6.04 Å². The Labute approximate surface area is 172 Å². The molecule has 1 aliphatic heterocycles. The Kier molecular flexibility index (Phi) is 7.35. The van der Waals surface area contributed by atoms with Crippen LogP contribution in [-0.4, -0.2) is 37.0 Å². The van der Waals surface area contributed by atoms with Crippen molar-refractivity contribution in [1.82, 2.24) is 10.2 Å². The molecule has 5 heteroatoms. The lowest BCUT2D eigenvalue weighted by molar-refractivity contribution is -0.123. The van der Waals surface area contributed by atoms with Crippen molar-refractivity contribution in [3.05, 3.63) is 64.2 Å². The highest BCUT2D eigenvalue weighted by atomic mass is 35.5. The predicted molar refractivity (Wildman–Crippen MR) is 114 cm³/mol. The van der Waals surface area contributed by atoms with Gasteiger partial charge in [-0.25, -0.2) is 0 Å². The molecule has 4 nitrogen and oxygen atoms in total. The molecule has 1 aliphatic rings. The maximum Gasteiger partial charge on any atom is 0.258 e. The van der Waals surface area contributed by atoms with Crippen molar-refractivity contribution in [1.29, 1.82) is 0 Å². The van der Waals surface area contributed by atoms with Crippen molar-refractivity contribution in [3.8, 4) is 5.75 Å². The number of carbonyl (C=O) groups is 1. The molecule has 3 rings (SSSR count). The molecular weight excluding hydrogens is 372 g/mol. The number of hydrogen-bond donors (Lipinski definition) is 1. The van der Waals surface area contributed by atoms with Gasteiger partial charge in [-0.3, -0.25) is 9.69 Å². The Morgan fingerprint density at radius 3 is 2.50 bits per heavy atom. The Morgan fingerprint density at radius 2 is 1.82 bits per heavy atom. The molecule has 0 saturated carbocycles. The van der Waals surface area contributed by atoms with Gasteiger partial charge in [0.25, 0.3) is 5.91 Å². The number of ether oxygens (including phenoxy) is 1. The van der Waals surface area contributed by atoms with Crippen LogP contribution in [0.5, 0.6) is 5.75 Å². The van der Waals surface area contributed by atoms with Crippen LogP contribution in [0.4, 0.5) is 0 Å². The minimum absolute atomic E-state index is 0.00168. The molecule has 0 bridgehead atoms. The fraction of sp³-hybridized carbons (Fsp3) is 0.435. The monoisotopic (exact) mass is 400 g/mol. The van der Waals surface area contributed by atoms with Gasteiger partial charge in [0.2, 0.25) is 0 Å². The maximum atomic E-state index is 12.4. The van der Waals surface area contributed by atoms with Crippen LogP contribution >= 0.6 is 11.6 Å². The van der Waals surface area contributed by atoms with Crippen molar-refractivity contribution in [2.24, 2.45) is 0 Å². The van der Waals surface area contributed by atoms with Crippen LogP contribution in [-0.2, 0) is 4.79 Å². The summed E-state index contributed by atoms with van der Waals surface area (Å²) < 4.78 is 5.62. The topological polar surface area (TPSA) is 41.6 Å². The lowest BCUT2D eigenvalue weighted by Crippen LogP contribution is -2.41. The minimum atomic E-state index is -0.110. The number of piperidine rings is 1. The molecule has 1 fully saturated rings. The summed E-state index contributed by atoms with van der Waals surface area (Å²) >= 11 is 6.03. The first-order valence-electron chi connectivity index (χ1n) is 9.99. The molecule has 0 unspecified atom stereocenters. The first-order valence-corrected chi connectivity index (χ1v) is 10.4. The number of likely N-dealkylation sites (tertiary alicyclic amines) is 1. The fourth-order valence-corrected chi connectivity index (χ4v) is 3.71. The van der Waals surface area contributed by atoms with Crippen LogP contribution in [0.2, 0.25) is 5.02 Å². The molecule has 0 aliphatic carbocycles. The van der Waals surface area contributed by atoms with Gasteiger partial charge < -0.3 is 10.1 Å². The minimum Gasteiger partial charge on any atom is -0.484 e. The highest BCUT2D eigenvalue weighted by molar-refractivity contribution is 6.31. The average Bonchev–Trinajstić information content (AvgIpc) is 2.71. The molecule has 2 aromatic rings. The first kappa shape index (κ1) is 20.7. The van der Waals surface area contributed by atoms with Gasteiger partial charge >= 0.3 is 0 Å². The molecule has 150 valence electrons. The molecule has 0 aromatic heterocycles. The summed E-state index contributed by atoms with van der Waals surface area (Å²) in [5.74, 6) is 0.546. The van der Waals surface area contributed by atoms with Crippen molar-refractivity contribution >= 4 is 17.5 Å². The third-order valence-corrected chi connectivity index (χ3v) is 5.71. The molecule has 1 heterocycles. The van der Waals surface area contributed by atoms with Crippen LogP contribution in [0.15, 0.2) is 42.5 Å². The Bertz CT molecular complexity index is 786. The summed E-state index contributed by atoms with van der Waals surface area (Å²) in [5.41, 5.74) is 3.43. The van der Waals surface area contributed by atoms with Gasteiger partial charge in [-0.15, -0.1) is 0 Å². The second-order valence-corrected chi connectivity index (χ2v) is 7.93. The maximum absolute atomic E-state index is 12.4. The van der Waals surface area contributed by atoms with E-state index in [4.69, 9.17) is 16.3 Å². The Balaban J connectivity index is 1.58. The van der Waals surface area contributed by atoms with Crippen LogP contribution in [0.3, 0.4) is 0 Å². The number of benzene rings is 2. The summed E-state index contributed by atoms with van der Waals surface area (Å²) in [4.78, 5) is 14.8. The van der Waals surface area contributed by atoms with E-state index in [9.17, 15) is 4.79 Å². The van der Waals surface area contributed by atoms with E-state index in [1.807, 2.05) is 13.0 Å². The zero-order valence-electron chi connectivity index (χ0n) is 16.7. The van der Waals surface area contributed by atoms with Crippen LogP contribution in [0, 0.1) is 13.8 Å². The summed E-state index contributed by atoms with van der Waals surface area (Å²) in [6.07, 6.45) is 3.72. The first-order chi connectivity index (χ1) is 13.5. The Hall–Kier alpha value is -2.04. The van der Waals surface area contributed by atoms with Gasteiger partial charge in [0.15, 0.2) is 6.61 Å². The van der Waals surface area contributed by atoms with Crippen molar-refractivity contribution < 1.29 is 9.53 Å². The van der Waals surface area contributed by atoms with E-state index >= 15 is 0 Å². The highest BCUT2D eigenvalue weighted by Crippen LogP contribution is 2.25. The third-order valence-electron chi connectivity index (χ3n) is 5.29. The van der Waals surface area contributed by atoms with E-state index in [0.717, 1.165) is 18.7 Å². The molecule has 1 atom stereocenters. The number of carbonyl (C=O) groups excluding carboxylic acids is 1. The van der Waals surface area contributed by atoms with Crippen LogP contribution in [0.25, 0.3) is 0 Å². The summed E-state index contributed by atoms with van der Waals surface area (Å²) in [6.45, 7) is 6.76. The number of aryl methyl sites for hydroxylation is 2. The van der Waals surface area contributed by atoms with Gasteiger partial charge in [-0.2, -0.15) is 0 Å². The quantitative estimate of drug-likeness (QED) is 0.733. The van der Waals surface area contributed by atoms with Crippen LogP contribution < -0.4 is 10.1 Å². The molecular formula is C23H29ClN2O2. The molecule has 0 spiro atoms. The third kappa shape index (κ3) is 5.73. The number of halogens is 1. The van der Waals surface area contributed by atoms with E-state index in [0.29, 0.717) is 17.3 Å². The summed E-state index contributed by atoms with van der Waals surface area (Å²) in [5, 5.41) is 3.75. The van der Waals surface area contributed by atoms with Gasteiger partial charge in [-0.05, 0) is 69.1 Å². The SMILES string of the molecule is Cc1ccc([C@@H](CNC(=O)COc2ccc(Cl)c(C)c2)N2CCCCC2)cc1. The largest absolute Gasteiger partial charge is 0.484 e. The zero-order valence-corrected chi connectivity index (χ0v) is 17.5. The number of nitrogens with one attached hydrogen (secondary N) is 1. The normalized spacial score (nSPS) is 15.8. The molecule has 1 amide bonds. The van der Waals surface area contributed by atoms with Crippen molar-refractivity contribution in [2.75, 3.05) is 26.2 Å². The molecule has 0 radical (unpaired) electrons. The molecule has 1 saturated heterocycles. The van der Waals surface area contributed by atoms with E-state index in [2.05, 4.69) is 41.4 Å². The summed E-state index contributed by atoms with van der Waals surface area (Å²) in [7, 11) is 0. The lowest BCUT2D eigenvalue weighted by Gasteiger charge is -2.35. The number of nitrogens with zero attached hydrogens (tertiary/aromatic N) is 1. The number of hydrogen-bond acceptors (Lipinski definition) is 3. The molecule has 1 N–H and O–H groups in total. The lowest BCUT2D eigenvalue weighted by atomic mass is 10.0. The second-order valence-electron chi connectivity index (χ2n) is 7.53. The van der Waals surface area contributed by atoms with E-state index in [-0.39, 0.29) is 18.6 Å². The average molecular weight is 401 g/mol. The number of rotatable bonds is 7. The van der Waals surface area contributed by atoms with E-state index < -0.39 is 0 Å². The van der Waals surface area contributed by atoms with E-state index in [1.54, 1.807) is 12.1 Å². The highest BCUT2D eigenvalue weighted by Gasteiger charge is 2.22. The van der Waals surface area contributed by atoms with Gasteiger partial charge in [0.1, 0.15) is 5.75 Å². The van der Waals surface area contributed by atoms with Gasteiger partial charge in [-0.1, -0.05) is 47.9 Å². The van der Waals surface area contributed by atoms with Crippen molar-refractivity contribution in [3.63, 3.8) is 0 Å². The van der Waals surface area contributed by atoms with E-state index in [1.165, 1.54) is 30.4 Å².